The molecule has 2 aromatic carbocycles. The smallest absolute Gasteiger partial charge is 0.230 e. The maximum absolute atomic E-state index is 12.2. The zero-order valence-electron chi connectivity index (χ0n) is 12.1. The van der Waals surface area contributed by atoms with Crippen LogP contribution < -0.4 is 5.32 Å². The van der Waals surface area contributed by atoms with Crippen LogP contribution in [-0.4, -0.2) is 11.1 Å². The van der Waals surface area contributed by atoms with E-state index in [4.69, 9.17) is 4.52 Å². The number of fused-ring (bicyclic) bond motifs is 2. The molecule has 0 unspecified atom stereocenters. The summed E-state index contributed by atoms with van der Waals surface area (Å²) in [5, 5.41) is 7.85. The first-order chi connectivity index (χ1) is 10.8. The third-order valence-electron chi connectivity index (χ3n) is 4.16. The normalized spacial score (nSPS) is 13.3. The van der Waals surface area contributed by atoms with Crippen LogP contribution in [0.25, 0.3) is 11.0 Å². The first-order valence-corrected chi connectivity index (χ1v) is 7.54. The standard InChI is InChI=1S/C18H16N2O2/c21-18(11-16-15-6-1-2-7-17(15)22-20-16)19-14-9-8-12-4-3-5-13(12)10-14/h1-2,6-10H,3-5,11H2,(H,19,21). The van der Waals surface area contributed by atoms with Crippen molar-refractivity contribution in [3.05, 3.63) is 59.3 Å². The maximum atomic E-state index is 12.2. The van der Waals surface area contributed by atoms with Crippen LogP contribution in [0.15, 0.2) is 47.0 Å². The number of nitrogens with zero attached hydrogens (tertiary/aromatic N) is 1. The number of rotatable bonds is 3. The number of aromatic nitrogens is 1. The summed E-state index contributed by atoms with van der Waals surface area (Å²) in [6.45, 7) is 0. The number of carbonyl (C=O) groups is 1. The number of anilines is 1. The minimum absolute atomic E-state index is 0.0722. The van der Waals surface area contributed by atoms with Crippen molar-refractivity contribution in [2.45, 2.75) is 25.7 Å². The van der Waals surface area contributed by atoms with Gasteiger partial charge in [-0.3, -0.25) is 4.79 Å². The van der Waals surface area contributed by atoms with Gasteiger partial charge in [0.15, 0.2) is 5.58 Å². The van der Waals surface area contributed by atoms with Crippen molar-refractivity contribution in [3.63, 3.8) is 0 Å². The number of amides is 1. The molecule has 1 amide bonds. The van der Waals surface area contributed by atoms with E-state index in [9.17, 15) is 4.79 Å². The Morgan fingerprint density at radius 3 is 2.95 bits per heavy atom. The van der Waals surface area contributed by atoms with Gasteiger partial charge in [-0.25, -0.2) is 0 Å². The molecule has 0 fully saturated rings. The Balaban J connectivity index is 1.51. The zero-order valence-corrected chi connectivity index (χ0v) is 12.1. The molecule has 1 aliphatic rings. The highest BCUT2D eigenvalue weighted by Gasteiger charge is 2.14. The van der Waals surface area contributed by atoms with Crippen LogP contribution in [0.3, 0.4) is 0 Å². The second-order valence-corrected chi connectivity index (χ2v) is 5.69. The quantitative estimate of drug-likeness (QED) is 0.804. The molecule has 110 valence electrons. The highest BCUT2D eigenvalue weighted by Crippen LogP contribution is 2.25. The Labute approximate surface area is 128 Å². The van der Waals surface area contributed by atoms with Gasteiger partial charge in [-0.1, -0.05) is 23.4 Å². The van der Waals surface area contributed by atoms with Gasteiger partial charge < -0.3 is 9.84 Å². The van der Waals surface area contributed by atoms with Crippen molar-refractivity contribution in [1.29, 1.82) is 0 Å². The Bertz CT molecular complexity index is 851. The summed E-state index contributed by atoms with van der Waals surface area (Å²) in [7, 11) is 0. The Morgan fingerprint density at radius 2 is 2.00 bits per heavy atom. The van der Waals surface area contributed by atoms with Crippen molar-refractivity contribution in [2.24, 2.45) is 0 Å². The average Bonchev–Trinajstić information content (AvgIpc) is 3.14. The van der Waals surface area contributed by atoms with Crippen molar-refractivity contribution in [3.8, 4) is 0 Å². The lowest BCUT2D eigenvalue weighted by Gasteiger charge is -2.06. The first-order valence-electron chi connectivity index (χ1n) is 7.54. The van der Waals surface area contributed by atoms with Gasteiger partial charge in [0.25, 0.3) is 0 Å². The molecule has 1 heterocycles. The van der Waals surface area contributed by atoms with Gasteiger partial charge in [0.05, 0.1) is 6.42 Å². The fraction of sp³-hybridized carbons (Fsp3) is 0.222. The summed E-state index contributed by atoms with van der Waals surface area (Å²) in [6, 6.07) is 13.8. The lowest BCUT2D eigenvalue weighted by molar-refractivity contribution is -0.115. The van der Waals surface area contributed by atoms with Crippen molar-refractivity contribution < 1.29 is 9.32 Å². The molecule has 0 radical (unpaired) electrons. The van der Waals surface area contributed by atoms with Gasteiger partial charge in [-0.05, 0) is 54.7 Å². The van der Waals surface area contributed by atoms with Crippen LogP contribution in [0, 0.1) is 0 Å². The molecule has 1 aliphatic carbocycles. The molecule has 3 aromatic rings. The Hall–Kier alpha value is -2.62. The predicted octanol–water partition coefficient (Wildman–Crippen LogP) is 3.50. The van der Waals surface area contributed by atoms with E-state index in [0.717, 1.165) is 23.9 Å². The van der Waals surface area contributed by atoms with Gasteiger partial charge in [0.1, 0.15) is 5.69 Å². The molecule has 0 atom stereocenters. The number of hydrogen-bond donors (Lipinski definition) is 1. The molecule has 4 nitrogen and oxygen atoms in total. The molecule has 0 saturated heterocycles. The fourth-order valence-electron chi connectivity index (χ4n) is 3.07. The van der Waals surface area contributed by atoms with E-state index in [0.29, 0.717) is 11.3 Å². The molecule has 4 rings (SSSR count). The van der Waals surface area contributed by atoms with Crippen LogP contribution in [0.5, 0.6) is 0 Å². The molecule has 0 spiro atoms. The summed E-state index contributed by atoms with van der Waals surface area (Å²) in [5.74, 6) is -0.0722. The van der Waals surface area contributed by atoms with Crippen LogP contribution >= 0.6 is 0 Å². The number of benzene rings is 2. The minimum atomic E-state index is -0.0722. The van der Waals surface area contributed by atoms with E-state index in [-0.39, 0.29) is 12.3 Å². The van der Waals surface area contributed by atoms with E-state index < -0.39 is 0 Å². The maximum Gasteiger partial charge on any atom is 0.230 e. The zero-order chi connectivity index (χ0) is 14.9. The summed E-state index contributed by atoms with van der Waals surface area (Å²) < 4.78 is 5.23. The molecule has 22 heavy (non-hydrogen) atoms. The number of hydrogen-bond acceptors (Lipinski definition) is 3. The average molecular weight is 292 g/mol. The first kappa shape index (κ1) is 13.1. The summed E-state index contributed by atoms with van der Waals surface area (Å²) in [6.07, 6.45) is 3.67. The summed E-state index contributed by atoms with van der Waals surface area (Å²) in [4.78, 5) is 12.2. The molecule has 1 aromatic heterocycles. The number of carbonyl (C=O) groups excluding carboxylic acids is 1. The van der Waals surface area contributed by atoms with Gasteiger partial charge in [-0.2, -0.15) is 0 Å². The van der Waals surface area contributed by atoms with E-state index in [1.54, 1.807) is 0 Å². The largest absolute Gasteiger partial charge is 0.356 e. The van der Waals surface area contributed by atoms with E-state index in [1.807, 2.05) is 30.3 Å². The highest BCUT2D eigenvalue weighted by atomic mass is 16.5. The van der Waals surface area contributed by atoms with Gasteiger partial charge in [0.2, 0.25) is 5.91 Å². The second-order valence-electron chi connectivity index (χ2n) is 5.69. The van der Waals surface area contributed by atoms with E-state index >= 15 is 0 Å². The lowest BCUT2D eigenvalue weighted by Crippen LogP contribution is -2.14. The third-order valence-corrected chi connectivity index (χ3v) is 4.16. The van der Waals surface area contributed by atoms with Crippen molar-refractivity contribution in [1.82, 2.24) is 5.16 Å². The summed E-state index contributed by atoms with van der Waals surface area (Å²) in [5.41, 5.74) is 5.00. The molecule has 1 N–H and O–H groups in total. The molecular weight excluding hydrogens is 276 g/mol. The van der Waals surface area contributed by atoms with Gasteiger partial charge in [0, 0.05) is 11.1 Å². The van der Waals surface area contributed by atoms with Crippen molar-refractivity contribution >= 4 is 22.6 Å². The molecule has 0 saturated carbocycles. The van der Waals surface area contributed by atoms with Crippen LogP contribution in [0.2, 0.25) is 0 Å². The van der Waals surface area contributed by atoms with Crippen LogP contribution in [-0.2, 0) is 24.1 Å². The molecule has 0 aliphatic heterocycles. The topological polar surface area (TPSA) is 55.1 Å². The SMILES string of the molecule is O=C(Cc1noc2ccccc12)Nc1ccc2c(c1)CCC2. The number of nitrogens with one attached hydrogen (secondary N) is 1. The van der Waals surface area contributed by atoms with E-state index in [2.05, 4.69) is 22.6 Å². The van der Waals surface area contributed by atoms with E-state index in [1.165, 1.54) is 17.5 Å². The van der Waals surface area contributed by atoms with Crippen LogP contribution in [0.4, 0.5) is 5.69 Å². The molecule has 0 bridgehead atoms. The lowest BCUT2D eigenvalue weighted by atomic mass is 10.1. The van der Waals surface area contributed by atoms with Gasteiger partial charge >= 0.3 is 0 Å². The van der Waals surface area contributed by atoms with Crippen LogP contribution in [0.1, 0.15) is 23.2 Å². The predicted molar refractivity (Wildman–Crippen MR) is 84.8 cm³/mol. The number of para-hydroxylation sites is 1. The van der Waals surface area contributed by atoms with Gasteiger partial charge in [-0.15, -0.1) is 0 Å². The minimum Gasteiger partial charge on any atom is -0.356 e. The third kappa shape index (κ3) is 2.37. The monoisotopic (exact) mass is 292 g/mol. The highest BCUT2D eigenvalue weighted by molar-refractivity contribution is 5.94. The van der Waals surface area contributed by atoms with Crippen molar-refractivity contribution in [2.75, 3.05) is 5.32 Å². The Kier molecular flexibility index (Phi) is 3.15. The second kappa shape index (κ2) is 5.30. The Morgan fingerprint density at radius 1 is 1.14 bits per heavy atom. The molecule has 4 heteroatoms. The summed E-state index contributed by atoms with van der Waals surface area (Å²) >= 11 is 0. The molecular formula is C18H16N2O2. The fourth-order valence-corrected chi connectivity index (χ4v) is 3.07. The number of aryl methyl sites for hydroxylation is 2.